The van der Waals surface area contributed by atoms with Crippen LogP contribution in [-0.4, -0.2) is 15.2 Å². The third kappa shape index (κ3) is 2.85. The fraction of sp³-hybridized carbons (Fsp3) is 0.579. The number of rotatable bonds is 3. The van der Waals surface area contributed by atoms with Gasteiger partial charge in [0.05, 0.1) is 7.59 Å². The molecule has 21 heavy (non-hydrogen) atoms. The molecule has 0 nitrogen and oxygen atoms in total. The van der Waals surface area contributed by atoms with Gasteiger partial charge < -0.3 is 0 Å². The van der Waals surface area contributed by atoms with Crippen molar-refractivity contribution in [3.8, 4) is 0 Å². The van der Waals surface area contributed by atoms with Crippen LogP contribution >= 0.6 is 0 Å². The van der Waals surface area contributed by atoms with Crippen molar-refractivity contribution in [2.45, 2.75) is 58.9 Å². The summed E-state index contributed by atoms with van der Waals surface area (Å²) in [6.07, 6.45) is 2.57. The minimum Gasteiger partial charge on any atom is -0.0830 e. The van der Waals surface area contributed by atoms with Gasteiger partial charge in [-0.15, -0.1) is 0 Å². The van der Waals surface area contributed by atoms with Crippen molar-refractivity contribution in [2.24, 2.45) is 11.8 Å². The largest absolute Gasteiger partial charge is 0.0872 e. The molecule has 0 aliphatic carbocycles. The Hall–Kier alpha value is -0.606. The van der Waals surface area contributed by atoms with Gasteiger partial charge in [0, 0.05) is 7.59 Å². The Labute approximate surface area is 133 Å². The molecule has 0 spiro atoms. The number of hydrogen-bond acceptors (Lipinski definition) is 0. The Morgan fingerprint density at radius 2 is 1.67 bits per heavy atom. The van der Waals surface area contributed by atoms with E-state index >= 15 is 0 Å². The smallest absolute Gasteiger partial charge is 0.0830 e. The minimum absolute atomic E-state index is 0.734. The van der Waals surface area contributed by atoms with Crippen molar-refractivity contribution in [2.75, 3.05) is 0 Å². The third-order valence-corrected chi connectivity index (χ3v) is 23.5. The molecule has 0 aromatic heterocycles. The minimum atomic E-state index is -1.51. The van der Waals surface area contributed by atoms with Crippen molar-refractivity contribution < 1.29 is 0 Å². The summed E-state index contributed by atoms with van der Waals surface area (Å²) in [6.45, 7) is 17.7. The van der Waals surface area contributed by atoms with Crippen LogP contribution in [0.5, 0.6) is 0 Å². The first-order valence-electron chi connectivity index (χ1n) is 8.43. The lowest BCUT2D eigenvalue weighted by atomic mass is 9.95. The molecular weight excluding hydrogens is 284 g/mol. The van der Waals surface area contributed by atoms with Crippen molar-refractivity contribution in [3.05, 3.63) is 42.0 Å². The number of allylic oxidation sites excluding steroid dienone is 2. The molecule has 0 N–H and O–H groups in total. The molecule has 0 amide bonds. The molecule has 0 radical (unpaired) electrons. The molecule has 1 unspecified atom stereocenters. The van der Waals surface area contributed by atoms with E-state index in [0.717, 1.165) is 17.4 Å². The topological polar surface area (TPSA) is 0 Å². The molecule has 0 saturated carbocycles. The molecule has 2 rings (SSSR count). The summed E-state index contributed by atoms with van der Waals surface area (Å²) in [6, 6.07) is 13.0. The monoisotopic (exact) mass is 316 g/mol. The van der Waals surface area contributed by atoms with Gasteiger partial charge in [-0.2, -0.15) is 0 Å². The molecule has 2 heteroatoms. The van der Waals surface area contributed by atoms with Crippen LogP contribution in [0.2, 0.25) is 31.2 Å². The first-order valence-corrected chi connectivity index (χ1v) is 15.2. The van der Waals surface area contributed by atoms with Gasteiger partial charge in [0.15, 0.2) is 0 Å². The van der Waals surface area contributed by atoms with E-state index in [9.17, 15) is 0 Å². The van der Waals surface area contributed by atoms with Gasteiger partial charge in [0.2, 0.25) is 0 Å². The van der Waals surface area contributed by atoms with Crippen LogP contribution in [0.3, 0.4) is 0 Å². The van der Waals surface area contributed by atoms with Gasteiger partial charge in [-0.05, 0) is 30.3 Å². The molecule has 1 aliphatic heterocycles. The first-order chi connectivity index (χ1) is 9.70. The quantitative estimate of drug-likeness (QED) is 0.518. The summed E-state index contributed by atoms with van der Waals surface area (Å²) >= 11 is 0. The fourth-order valence-electron chi connectivity index (χ4n) is 5.02. The molecule has 1 heterocycles. The third-order valence-electron chi connectivity index (χ3n) is 5.59. The van der Waals surface area contributed by atoms with Crippen LogP contribution in [0.15, 0.2) is 42.0 Å². The zero-order valence-electron chi connectivity index (χ0n) is 14.9. The Bertz CT molecular complexity index is 510. The summed E-state index contributed by atoms with van der Waals surface area (Å²) in [5.74, 6) is 1.51. The molecule has 3 atom stereocenters. The predicted octanol–water partition coefficient (Wildman–Crippen LogP) is 5.38. The Kier molecular flexibility index (Phi) is 4.70. The van der Waals surface area contributed by atoms with E-state index in [1.54, 1.807) is 10.8 Å². The van der Waals surface area contributed by atoms with E-state index in [4.69, 9.17) is 0 Å². The maximum atomic E-state index is 2.63. The average Bonchev–Trinajstić information content (AvgIpc) is 2.36. The molecule has 116 valence electrons. The standard InChI is InChI=1S/C19H32Si2/c1-15(2)19-17(4)13-16(3)14-21(19,20(5,6)7)18-11-9-8-10-12-18/h8-13,15,17,19H,14H2,1-7H3/t17?,19-,21-/m1/s1. The highest BCUT2D eigenvalue weighted by atomic mass is 29.3. The van der Waals surface area contributed by atoms with E-state index < -0.39 is 15.2 Å². The van der Waals surface area contributed by atoms with E-state index in [1.807, 2.05) is 0 Å². The lowest BCUT2D eigenvalue weighted by Gasteiger charge is -2.54. The van der Waals surface area contributed by atoms with E-state index in [1.165, 1.54) is 6.04 Å². The van der Waals surface area contributed by atoms with Crippen LogP contribution in [0, 0.1) is 11.8 Å². The molecule has 0 saturated heterocycles. The van der Waals surface area contributed by atoms with Crippen LogP contribution in [-0.2, 0) is 0 Å². The Morgan fingerprint density at radius 1 is 1.10 bits per heavy atom. The van der Waals surface area contributed by atoms with Crippen LogP contribution in [0.25, 0.3) is 0 Å². The van der Waals surface area contributed by atoms with Crippen molar-refractivity contribution in [1.82, 2.24) is 0 Å². The fourth-order valence-corrected chi connectivity index (χ4v) is 22.5. The van der Waals surface area contributed by atoms with E-state index in [0.29, 0.717) is 0 Å². The zero-order chi connectivity index (χ0) is 15.8. The number of benzene rings is 1. The van der Waals surface area contributed by atoms with Gasteiger partial charge >= 0.3 is 0 Å². The summed E-state index contributed by atoms with van der Waals surface area (Å²) < 4.78 is 0. The second-order valence-corrected chi connectivity index (χ2v) is 23.6. The maximum Gasteiger partial charge on any atom is 0.0872 e. The van der Waals surface area contributed by atoms with Crippen LogP contribution in [0.4, 0.5) is 0 Å². The van der Waals surface area contributed by atoms with Crippen molar-refractivity contribution in [3.63, 3.8) is 0 Å². The number of hydrogen-bond donors (Lipinski definition) is 0. The highest BCUT2D eigenvalue weighted by Crippen LogP contribution is 2.48. The van der Waals surface area contributed by atoms with Gasteiger partial charge in [-0.25, -0.2) is 0 Å². The second kappa shape index (κ2) is 5.88. The predicted molar refractivity (Wildman–Crippen MR) is 101 cm³/mol. The SMILES string of the molecule is CC1=CC(C)[C@@H](C(C)C)[Si@@](c2ccccc2)([Si](C)(C)C)C1. The van der Waals surface area contributed by atoms with Crippen LogP contribution < -0.4 is 5.19 Å². The highest BCUT2D eigenvalue weighted by molar-refractivity contribution is 7.46. The van der Waals surface area contributed by atoms with Gasteiger partial charge in [-0.1, -0.05) is 87.6 Å². The Balaban J connectivity index is 2.71. The molecule has 1 aromatic rings. The summed E-state index contributed by atoms with van der Waals surface area (Å²) in [7, 11) is -2.77. The highest BCUT2D eigenvalue weighted by Gasteiger charge is 2.55. The lowest BCUT2D eigenvalue weighted by molar-refractivity contribution is 0.481. The lowest BCUT2D eigenvalue weighted by Crippen LogP contribution is -2.70. The van der Waals surface area contributed by atoms with Crippen molar-refractivity contribution in [1.29, 1.82) is 0 Å². The summed E-state index contributed by atoms with van der Waals surface area (Å²) in [5.41, 5.74) is 2.53. The van der Waals surface area contributed by atoms with Crippen molar-refractivity contribution >= 4 is 20.4 Å². The normalized spacial score (nSPS) is 30.4. The summed E-state index contributed by atoms with van der Waals surface area (Å²) in [5, 5.41) is 1.72. The zero-order valence-corrected chi connectivity index (χ0v) is 16.9. The Morgan fingerprint density at radius 3 is 2.14 bits per heavy atom. The van der Waals surface area contributed by atoms with Gasteiger partial charge in [0.25, 0.3) is 0 Å². The van der Waals surface area contributed by atoms with Gasteiger partial charge in [0.1, 0.15) is 0 Å². The molecule has 0 fully saturated rings. The molecule has 0 bridgehead atoms. The maximum absolute atomic E-state index is 2.63. The van der Waals surface area contributed by atoms with Gasteiger partial charge in [-0.3, -0.25) is 0 Å². The first kappa shape index (κ1) is 16.8. The van der Waals surface area contributed by atoms with E-state index in [2.05, 4.69) is 83.7 Å². The molecule has 1 aliphatic rings. The second-order valence-electron chi connectivity index (χ2n) is 8.41. The molecular formula is C19H32Si2. The average molecular weight is 317 g/mol. The van der Waals surface area contributed by atoms with E-state index in [-0.39, 0.29) is 0 Å². The molecule has 1 aromatic carbocycles. The van der Waals surface area contributed by atoms with Crippen LogP contribution in [0.1, 0.15) is 27.7 Å². The summed E-state index contributed by atoms with van der Waals surface area (Å²) in [4.78, 5) is 0.